The standard InChI is InChI=1S/C12H14Br2N2O3/c1-7-5-15(6-8(2)19-7)12-10(13)3-9(16(17)18)4-11(12)14/h3-4,7-8H,5-6H2,1-2H3/t7-,8-/m1/s1. The number of anilines is 1. The number of hydrogen-bond donors (Lipinski definition) is 0. The maximum atomic E-state index is 10.8. The summed E-state index contributed by atoms with van der Waals surface area (Å²) in [6, 6.07) is 3.07. The van der Waals surface area contributed by atoms with Crippen molar-refractivity contribution < 1.29 is 9.66 Å². The third-order valence-corrected chi connectivity index (χ3v) is 4.16. The first-order chi connectivity index (χ1) is 8.88. The van der Waals surface area contributed by atoms with Crippen LogP contribution in [-0.4, -0.2) is 30.2 Å². The summed E-state index contributed by atoms with van der Waals surface area (Å²) in [6.45, 7) is 5.57. The Morgan fingerprint density at radius 2 is 1.74 bits per heavy atom. The summed E-state index contributed by atoms with van der Waals surface area (Å²) in [5.41, 5.74) is 1.00. The molecule has 104 valence electrons. The SMILES string of the molecule is C[C@@H]1CN(c2c(Br)cc([N+](=O)[O-])cc2Br)C[C@@H](C)O1. The van der Waals surface area contributed by atoms with Crippen molar-refractivity contribution in [3.8, 4) is 0 Å². The molecule has 0 saturated carbocycles. The van der Waals surface area contributed by atoms with E-state index in [0.29, 0.717) is 0 Å². The number of benzene rings is 1. The zero-order chi connectivity index (χ0) is 14.2. The predicted molar refractivity (Wildman–Crippen MR) is 80.7 cm³/mol. The maximum Gasteiger partial charge on any atom is 0.271 e. The van der Waals surface area contributed by atoms with Crippen LogP contribution in [0.2, 0.25) is 0 Å². The second-order valence-electron chi connectivity index (χ2n) is 4.68. The molecular formula is C12H14Br2N2O3. The molecule has 19 heavy (non-hydrogen) atoms. The Labute approximate surface area is 128 Å². The molecule has 0 radical (unpaired) electrons. The van der Waals surface area contributed by atoms with Crippen molar-refractivity contribution >= 4 is 43.2 Å². The highest BCUT2D eigenvalue weighted by atomic mass is 79.9. The summed E-state index contributed by atoms with van der Waals surface area (Å²) in [5.74, 6) is 0. The van der Waals surface area contributed by atoms with Crippen LogP contribution in [0.15, 0.2) is 21.1 Å². The van der Waals surface area contributed by atoms with E-state index in [9.17, 15) is 10.1 Å². The van der Waals surface area contributed by atoms with E-state index in [1.165, 1.54) is 12.1 Å². The number of rotatable bonds is 2. The molecule has 0 N–H and O–H groups in total. The molecule has 0 spiro atoms. The molecule has 1 aromatic carbocycles. The Hall–Kier alpha value is -0.660. The lowest BCUT2D eigenvalue weighted by Crippen LogP contribution is -2.45. The van der Waals surface area contributed by atoms with Gasteiger partial charge in [-0.15, -0.1) is 0 Å². The highest BCUT2D eigenvalue weighted by Crippen LogP contribution is 2.38. The van der Waals surface area contributed by atoms with Gasteiger partial charge in [0.05, 0.1) is 22.8 Å². The van der Waals surface area contributed by atoms with E-state index in [4.69, 9.17) is 4.74 Å². The Bertz CT molecular complexity index is 477. The Morgan fingerprint density at radius 1 is 1.26 bits per heavy atom. The molecule has 7 heteroatoms. The van der Waals surface area contributed by atoms with Crippen LogP contribution in [0.5, 0.6) is 0 Å². The monoisotopic (exact) mass is 392 g/mol. The van der Waals surface area contributed by atoms with Gasteiger partial charge in [0.1, 0.15) is 0 Å². The highest BCUT2D eigenvalue weighted by molar-refractivity contribution is 9.11. The topological polar surface area (TPSA) is 55.6 Å². The average molecular weight is 394 g/mol. The van der Waals surface area contributed by atoms with E-state index in [0.717, 1.165) is 27.7 Å². The van der Waals surface area contributed by atoms with Gasteiger partial charge in [-0.2, -0.15) is 0 Å². The molecule has 0 aromatic heterocycles. The first-order valence-electron chi connectivity index (χ1n) is 5.92. The Kier molecular flexibility index (Phi) is 4.47. The number of halogens is 2. The number of non-ortho nitro benzene ring substituents is 1. The maximum absolute atomic E-state index is 10.8. The largest absolute Gasteiger partial charge is 0.372 e. The molecule has 2 rings (SSSR count). The smallest absolute Gasteiger partial charge is 0.271 e. The first-order valence-corrected chi connectivity index (χ1v) is 7.51. The number of nitrogens with zero attached hydrogens (tertiary/aromatic N) is 2. The van der Waals surface area contributed by atoms with Gasteiger partial charge in [0, 0.05) is 34.2 Å². The van der Waals surface area contributed by atoms with Crippen molar-refractivity contribution in [1.29, 1.82) is 0 Å². The lowest BCUT2D eigenvalue weighted by Gasteiger charge is -2.37. The molecular weight excluding hydrogens is 380 g/mol. The molecule has 5 nitrogen and oxygen atoms in total. The van der Waals surface area contributed by atoms with E-state index in [2.05, 4.69) is 36.8 Å². The van der Waals surface area contributed by atoms with E-state index >= 15 is 0 Å². The summed E-state index contributed by atoms with van der Waals surface area (Å²) in [4.78, 5) is 12.6. The van der Waals surface area contributed by atoms with Crippen LogP contribution >= 0.6 is 31.9 Å². The Morgan fingerprint density at radius 3 is 2.16 bits per heavy atom. The average Bonchev–Trinajstić information content (AvgIpc) is 2.26. The van der Waals surface area contributed by atoms with Gasteiger partial charge in [0.15, 0.2) is 0 Å². The Balaban J connectivity index is 2.37. The summed E-state index contributed by atoms with van der Waals surface area (Å²) >= 11 is 6.85. The molecule has 1 aliphatic heterocycles. The molecule has 1 saturated heterocycles. The number of nitro groups is 1. The lowest BCUT2D eigenvalue weighted by atomic mass is 10.2. The number of nitro benzene ring substituents is 1. The molecule has 0 unspecified atom stereocenters. The van der Waals surface area contributed by atoms with E-state index in [1.807, 2.05) is 13.8 Å². The fourth-order valence-electron chi connectivity index (χ4n) is 2.32. The van der Waals surface area contributed by atoms with Gasteiger partial charge in [-0.25, -0.2) is 0 Å². The van der Waals surface area contributed by atoms with Gasteiger partial charge in [-0.05, 0) is 45.7 Å². The summed E-state index contributed by atoms with van der Waals surface area (Å²) in [5, 5.41) is 10.8. The van der Waals surface area contributed by atoms with Crippen molar-refractivity contribution in [2.45, 2.75) is 26.1 Å². The summed E-state index contributed by atoms with van der Waals surface area (Å²) in [6.07, 6.45) is 0.274. The van der Waals surface area contributed by atoms with E-state index < -0.39 is 4.92 Å². The summed E-state index contributed by atoms with van der Waals surface area (Å²) < 4.78 is 7.13. The zero-order valence-corrected chi connectivity index (χ0v) is 13.8. The quantitative estimate of drug-likeness (QED) is 0.567. The normalized spacial score (nSPS) is 23.5. The van der Waals surface area contributed by atoms with Crippen LogP contribution in [0.1, 0.15) is 13.8 Å². The van der Waals surface area contributed by atoms with Crippen molar-refractivity contribution in [2.24, 2.45) is 0 Å². The van der Waals surface area contributed by atoms with Crippen LogP contribution in [0.3, 0.4) is 0 Å². The van der Waals surface area contributed by atoms with Crippen LogP contribution in [0, 0.1) is 10.1 Å². The molecule has 1 heterocycles. The first kappa shape index (κ1) is 14.7. The number of ether oxygens (including phenoxy) is 1. The van der Waals surface area contributed by atoms with E-state index in [-0.39, 0.29) is 17.9 Å². The lowest BCUT2D eigenvalue weighted by molar-refractivity contribution is -0.385. The molecule has 0 bridgehead atoms. The van der Waals surface area contributed by atoms with Gasteiger partial charge in [-0.3, -0.25) is 10.1 Å². The van der Waals surface area contributed by atoms with Gasteiger partial charge in [0.2, 0.25) is 0 Å². The van der Waals surface area contributed by atoms with Gasteiger partial charge >= 0.3 is 0 Å². The van der Waals surface area contributed by atoms with Gasteiger partial charge in [-0.1, -0.05) is 0 Å². The van der Waals surface area contributed by atoms with Crippen LogP contribution in [-0.2, 0) is 4.74 Å². The van der Waals surface area contributed by atoms with Crippen molar-refractivity contribution in [2.75, 3.05) is 18.0 Å². The number of morpholine rings is 1. The van der Waals surface area contributed by atoms with Gasteiger partial charge < -0.3 is 9.64 Å². The predicted octanol–water partition coefficient (Wildman–Crippen LogP) is 3.73. The van der Waals surface area contributed by atoms with Crippen molar-refractivity contribution in [3.05, 3.63) is 31.2 Å². The minimum Gasteiger partial charge on any atom is -0.372 e. The summed E-state index contributed by atoms with van der Waals surface area (Å²) in [7, 11) is 0. The molecule has 1 aliphatic rings. The molecule has 1 fully saturated rings. The van der Waals surface area contributed by atoms with Crippen LogP contribution < -0.4 is 4.90 Å². The van der Waals surface area contributed by atoms with Crippen LogP contribution in [0.25, 0.3) is 0 Å². The molecule has 0 aliphatic carbocycles. The molecule has 1 aromatic rings. The molecule has 2 atom stereocenters. The third kappa shape index (κ3) is 3.27. The second-order valence-corrected chi connectivity index (χ2v) is 6.39. The fourth-order valence-corrected chi connectivity index (χ4v) is 3.98. The van der Waals surface area contributed by atoms with Crippen molar-refractivity contribution in [1.82, 2.24) is 0 Å². The zero-order valence-electron chi connectivity index (χ0n) is 10.6. The van der Waals surface area contributed by atoms with Crippen LogP contribution in [0.4, 0.5) is 11.4 Å². The van der Waals surface area contributed by atoms with Gasteiger partial charge in [0.25, 0.3) is 5.69 Å². The molecule has 0 amide bonds. The second kappa shape index (κ2) is 5.76. The highest BCUT2D eigenvalue weighted by Gasteiger charge is 2.26. The van der Waals surface area contributed by atoms with E-state index in [1.54, 1.807) is 0 Å². The fraction of sp³-hybridized carbons (Fsp3) is 0.500. The van der Waals surface area contributed by atoms with Crippen molar-refractivity contribution in [3.63, 3.8) is 0 Å². The third-order valence-electron chi connectivity index (χ3n) is 2.95. The minimum atomic E-state index is -0.399. The minimum absolute atomic E-state index is 0.0665. The number of hydrogen-bond acceptors (Lipinski definition) is 4.